The van der Waals surface area contributed by atoms with Crippen LogP contribution in [0.1, 0.15) is 41.4 Å². The molecule has 130 valence electrons. The highest BCUT2D eigenvalue weighted by molar-refractivity contribution is 6.33. The molecule has 25 heavy (non-hydrogen) atoms. The van der Waals surface area contributed by atoms with E-state index < -0.39 is 23.9 Å². The Bertz CT molecular complexity index is 815. The molecule has 0 saturated carbocycles. The average Bonchev–Trinajstić information content (AvgIpc) is 2.55. The number of halogens is 1. The smallest absolute Gasteiger partial charge is 0.337 e. The summed E-state index contributed by atoms with van der Waals surface area (Å²) in [6, 6.07) is 8.71. The van der Waals surface area contributed by atoms with Crippen LogP contribution < -0.4 is 0 Å². The summed E-state index contributed by atoms with van der Waals surface area (Å²) in [6.07, 6.45) is 0. The summed E-state index contributed by atoms with van der Waals surface area (Å²) < 4.78 is 0. The summed E-state index contributed by atoms with van der Waals surface area (Å²) in [7, 11) is 0. The Labute approximate surface area is 145 Å². The van der Waals surface area contributed by atoms with Gasteiger partial charge in [-0.05, 0) is 36.4 Å². The molecule has 2 rings (SSSR count). The zero-order chi connectivity index (χ0) is 19.1. The minimum Gasteiger partial charge on any atom is -0.478 e. The van der Waals surface area contributed by atoms with E-state index in [9.17, 15) is 19.2 Å². The SMILES string of the molecule is O=C(O)c1ccc(Cl)c(C(=O)O)c1.O=C(O)c1cccc(C(=O)O)c1. The molecule has 0 radical (unpaired) electrons. The Morgan fingerprint density at radius 3 is 1.48 bits per heavy atom. The zero-order valence-corrected chi connectivity index (χ0v) is 13.1. The second-order valence-electron chi connectivity index (χ2n) is 4.50. The van der Waals surface area contributed by atoms with Crippen molar-refractivity contribution in [2.75, 3.05) is 0 Å². The number of carboxylic acids is 4. The summed E-state index contributed by atoms with van der Waals surface area (Å²) in [5.41, 5.74) is -0.340. The molecule has 0 aliphatic carbocycles. The summed E-state index contributed by atoms with van der Waals surface area (Å²) in [6.45, 7) is 0. The standard InChI is InChI=1S/C8H5ClO4.C8H6O4/c9-6-2-1-4(7(10)11)3-5(6)8(12)13;9-7(10)5-2-1-3-6(4-5)8(11)12/h1-3H,(H,10,11)(H,12,13);1-4H,(H,9,10)(H,11,12). The second-order valence-corrected chi connectivity index (χ2v) is 4.90. The Hall–Kier alpha value is -3.39. The van der Waals surface area contributed by atoms with Gasteiger partial charge in [-0.15, -0.1) is 0 Å². The van der Waals surface area contributed by atoms with Crippen molar-refractivity contribution in [3.05, 3.63) is 69.7 Å². The molecule has 0 fully saturated rings. The largest absolute Gasteiger partial charge is 0.478 e. The Morgan fingerprint density at radius 1 is 0.640 bits per heavy atom. The van der Waals surface area contributed by atoms with E-state index in [0.29, 0.717) is 0 Å². The topological polar surface area (TPSA) is 149 Å². The fourth-order valence-corrected chi connectivity index (χ4v) is 1.81. The Balaban J connectivity index is 0.000000251. The molecule has 0 heterocycles. The van der Waals surface area contributed by atoms with Gasteiger partial charge in [0.1, 0.15) is 0 Å². The number of aromatic carboxylic acids is 4. The number of rotatable bonds is 4. The van der Waals surface area contributed by atoms with Crippen LogP contribution in [0.15, 0.2) is 42.5 Å². The number of carboxylic acid groups (broad SMARTS) is 4. The number of hydrogen-bond acceptors (Lipinski definition) is 4. The third-order valence-corrected chi connectivity index (χ3v) is 3.13. The van der Waals surface area contributed by atoms with Gasteiger partial charge in [0.25, 0.3) is 0 Å². The highest BCUT2D eigenvalue weighted by Gasteiger charge is 2.12. The summed E-state index contributed by atoms with van der Waals surface area (Å²) in [5, 5.41) is 34.2. The van der Waals surface area contributed by atoms with Crippen LogP contribution in [-0.2, 0) is 0 Å². The molecule has 4 N–H and O–H groups in total. The van der Waals surface area contributed by atoms with E-state index in [1.165, 1.54) is 30.3 Å². The van der Waals surface area contributed by atoms with Crippen molar-refractivity contribution in [1.29, 1.82) is 0 Å². The third-order valence-electron chi connectivity index (χ3n) is 2.80. The van der Waals surface area contributed by atoms with Gasteiger partial charge in [0.15, 0.2) is 0 Å². The van der Waals surface area contributed by atoms with Crippen molar-refractivity contribution >= 4 is 35.5 Å². The second kappa shape index (κ2) is 8.46. The normalized spacial score (nSPS) is 9.48. The van der Waals surface area contributed by atoms with E-state index in [1.54, 1.807) is 0 Å². The van der Waals surface area contributed by atoms with Crippen LogP contribution in [0.4, 0.5) is 0 Å². The van der Waals surface area contributed by atoms with Crippen molar-refractivity contribution < 1.29 is 39.6 Å². The number of hydrogen-bond donors (Lipinski definition) is 4. The first-order chi connectivity index (χ1) is 11.6. The molecule has 8 nitrogen and oxygen atoms in total. The molecule has 0 amide bonds. The van der Waals surface area contributed by atoms with Gasteiger partial charge in [-0.3, -0.25) is 0 Å². The maximum Gasteiger partial charge on any atom is 0.337 e. The summed E-state index contributed by atoms with van der Waals surface area (Å²) >= 11 is 5.52. The van der Waals surface area contributed by atoms with E-state index in [1.807, 2.05) is 0 Å². The van der Waals surface area contributed by atoms with Crippen LogP contribution in [0.2, 0.25) is 5.02 Å². The van der Waals surface area contributed by atoms with Crippen LogP contribution in [0.3, 0.4) is 0 Å². The molecular formula is C16H11ClO8. The predicted octanol–water partition coefficient (Wildman–Crippen LogP) is 2.82. The van der Waals surface area contributed by atoms with Gasteiger partial charge < -0.3 is 20.4 Å². The molecule has 0 saturated heterocycles. The van der Waals surface area contributed by atoms with Gasteiger partial charge in [-0.1, -0.05) is 17.7 Å². The minimum absolute atomic E-state index is 0.0186. The molecule has 0 unspecified atom stereocenters. The third kappa shape index (κ3) is 5.63. The Kier molecular flexibility index (Phi) is 6.65. The lowest BCUT2D eigenvalue weighted by molar-refractivity contribution is 0.0676. The van der Waals surface area contributed by atoms with E-state index in [-0.39, 0.29) is 27.3 Å². The molecule has 0 aliphatic heterocycles. The van der Waals surface area contributed by atoms with Gasteiger partial charge >= 0.3 is 23.9 Å². The van der Waals surface area contributed by atoms with Gasteiger partial charge in [0.2, 0.25) is 0 Å². The fourth-order valence-electron chi connectivity index (χ4n) is 1.61. The lowest BCUT2D eigenvalue weighted by Crippen LogP contribution is -2.02. The number of benzene rings is 2. The monoisotopic (exact) mass is 366 g/mol. The van der Waals surface area contributed by atoms with E-state index in [4.69, 9.17) is 32.0 Å². The predicted molar refractivity (Wildman–Crippen MR) is 85.7 cm³/mol. The molecule has 9 heteroatoms. The summed E-state index contributed by atoms with van der Waals surface area (Å²) in [5.74, 6) is -4.68. The van der Waals surface area contributed by atoms with E-state index in [2.05, 4.69) is 0 Å². The van der Waals surface area contributed by atoms with Crippen LogP contribution in [0.5, 0.6) is 0 Å². The molecule has 0 atom stereocenters. The van der Waals surface area contributed by atoms with Crippen molar-refractivity contribution in [2.45, 2.75) is 0 Å². The number of carbonyl (C=O) groups is 4. The summed E-state index contributed by atoms with van der Waals surface area (Å²) in [4.78, 5) is 41.7. The Morgan fingerprint density at radius 2 is 1.08 bits per heavy atom. The molecule has 0 aromatic heterocycles. The maximum absolute atomic E-state index is 10.5. The van der Waals surface area contributed by atoms with Crippen LogP contribution >= 0.6 is 11.6 Å². The van der Waals surface area contributed by atoms with E-state index >= 15 is 0 Å². The van der Waals surface area contributed by atoms with Crippen LogP contribution in [-0.4, -0.2) is 44.3 Å². The van der Waals surface area contributed by atoms with Crippen LogP contribution in [0.25, 0.3) is 0 Å². The van der Waals surface area contributed by atoms with Gasteiger partial charge in [0.05, 0.1) is 27.3 Å². The van der Waals surface area contributed by atoms with Gasteiger partial charge in [0, 0.05) is 0 Å². The van der Waals surface area contributed by atoms with Gasteiger partial charge in [-0.2, -0.15) is 0 Å². The highest BCUT2D eigenvalue weighted by atomic mass is 35.5. The molecular weight excluding hydrogens is 356 g/mol. The molecule has 0 bridgehead atoms. The minimum atomic E-state index is -1.24. The van der Waals surface area contributed by atoms with Crippen molar-refractivity contribution in [1.82, 2.24) is 0 Å². The van der Waals surface area contributed by atoms with Crippen molar-refractivity contribution in [3.8, 4) is 0 Å². The van der Waals surface area contributed by atoms with Gasteiger partial charge in [-0.25, -0.2) is 19.2 Å². The first kappa shape index (κ1) is 19.7. The van der Waals surface area contributed by atoms with Crippen molar-refractivity contribution in [3.63, 3.8) is 0 Å². The lowest BCUT2D eigenvalue weighted by atomic mass is 10.1. The maximum atomic E-state index is 10.5. The lowest BCUT2D eigenvalue weighted by Gasteiger charge is -1.99. The highest BCUT2D eigenvalue weighted by Crippen LogP contribution is 2.17. The molecule has 0 spiro atoms. The first-order valence-corrected chi connectivity index (χ1v) is 6.84. The molecule has 2 aromatic rings. The fraction of sp³-hybridized carbons (Fsp3) is 0. The molecule has 2 aromatic carbocycles. The quantitative estimate of drug-likeness (QED) is 0.645. The van der Waals surface area contributed by atoms with Crippen LogP contribution in [0, 0.1) is 0 Å². The average molecular weight is 367 g/mol. The molecule has 0 aliphatic rings. The van der Waals surface area contributed by atoms with E-state index in [0.717, 1.165) is 12.1 Å². The van der Waals surface area contributed by atoms with Crippen molar-refractivity contribution in [2.24, 2.45) is 0 Å². The first-order valence-electron chi connectivity index (χ1n) is 6.46. The zero-order valence-electron chi connectivity index (χ0n) is 12.3.